The Morgan fingerprint density at radius 1 is 1.25 bits per heavy atom. The van der Waals surface area contributed by atoms with E-state index in [0.29, 0.717) is 17.2 Å². The molecule has 6 nitrogen and oxygen atoms in total. The highest BCUT2D eigenvalue weighted by atomic mass is 16.7. The average molecular weight is 274 g/mol. The van der Waals surface area contributed by atoms with Gasteiger partial charge in [0.2, 0.25) is 5.79 Å². The fourth-order valence-electron chi connectivity index (χ4n) is 2.22. The minimum atomic E-state index is -1.05. The number of nitrogens with zero attached hydrogens (tertiary/aromatic N) is 2. The van der Waals surface area contributed by atoms with E-state index in [9.17, 15) is 4.79 Å². The van der Waals surface area contributed by atoms with Gasteiger partial charge in [0.05, 0.1) is 5.69 Å². The number of ether oxygens (including phenoxy) is 2. The summed E-state index contributed by atoms with van der Waals surface area (Å²) >= 11 is 0. The van der Waals surface area contributed by atoms with E-state index in [-0.39, 0.29) is 5.69 Å². The summed E-state index contributed by atoms with van der Waals surface area (Å²) in [5.74, 6) is -0.404. The quantitative estimate of drug-likeness (QED) is 0.909. The molecule has 1 aromatic heterocycles. The van der Waals surface area contributed by atoms with Crippen LogP contribution in [0.15, 0.2) is 24.3 Å². The zero-order chi connectivity index (χ0) is 14.5. The molecule has 0 spiro atoms. The molecule has 3 rings (SSSR count). The van der Waals surface area contributed by atoms with Crippen LogP contribution in [0.3, 0.4) is 0 Å². The Morgan fingerprint density at radius 2 is 1.95 bits per heavy atom. The first-order valence-corrected chi connectivity index (χ1v) is 6.15. The largest absolute Gasteiger partial charge is 0.476 e. The lowest BCUT2D eigenvalue weighted by atomic mass is 10.1. The number of carboxylic acid groups (broad SMARTS) is 1. The van der Waals surface area contributed by atoms with Gasteiger partial charge < -0.3 is 14.6 Å². The maximum atomic E-state index is 10.9. The molecular formula is C14H14N2O4. The van der Waals surface area contributed by atoms with Gasteiger partial charge >= 0.3 is 5.97 Å². The van der Waals surface area contributed by atoms with Gasteiger partial charge in [0.15, 0.2) is 17.2 Å². The first kappa shape index (κ1) is 12.5. The Labute approximate surface area is 115 Å². The van der Waals surface area contributed by atoms with Crippen LogP contribution in [0.1, 0.15) is 24.3 Å². The molecule has 0 aliphatic carbocycles. The van der Waals surface area contributed by atoms with E-state index in [2.05, 4.69) is 5.10 Å². The van der Waals surface area contributed by atoms with Gasteiger partial charge in [-0.25, -0.2) is 4.79 Å². The van der Waals surface area contributed by atoms with Crippen molar-refractivity contribution >= 4 is 5.97 Å². The summed E-state index contributed by atoms with van der Waals surface area (Å²) in [5.41, 5.74) is 1.55. The van der Waals surface area contributed by atoms with E-state index in [4.69, 9.17) is 14.6 Å². The van der Waals surface area contributed by atoms with Gasteiger partial charge in [-0.3, -0.25) is 4.68 Å². The fraction of sp³-hybridized carbons (Fsp3) is 0.286. The molecule has 0 saturated carbocycles. The number of carbonyl (C=O) groups is 1. The number of aromatic nitrogens is 2. The Hall–Kier alpha value is -2.50. The van der Waals surface area contributed by atoms with Gasteiger partial charge in [-0.15, -0.1) is 0 Å². The van der Waals surface area contributed by atoms with Crippen molar-refractivity contribution in [3.8, 4) is 22.8 Å². The highest BCUT2D eigenvalue weighted by Crippen LogP contribution is 2.41. The van der Waals surface area contributed by atoms with Crippen molar-refractivity contribution < 1.29 is 19.4 Å². The number of carboxylic acids is 1. The number of hydrogen-bond acceptors (Lipinski definition) is 4. The second-order valence-electron chi connectivity index (χ2n) is 5.11. The second-order valence-corrected chi connectivity index (χ2v) is 5.11. The lowest BCUT2D eigenvalue weighted by Crippen LogP contribution is -2.29. The molecule has 0 radical (unpaired) electrons. The predicted molar refractivity (Wildman–Crippen MR) is 70.9 cm³/mol. The third-order valence-electron chi connectivity index (χ3n) is 3.05. The zero-order valence-corrected chi connectivity index (χ0v) is 11.4. The molecule has 0 atom stereocenters. The summed E-state index contributed by atoms with van der Waals surface area (Å²) in [4.78, 5) is 10.9. The summed E-state index contributed by atoms with van der Waals surface area (Å²) in [5, 5.41) is 12.9. The molecule has 2 heterocycles. The van der Waals surface area contributed by atoms with Crippen LogP contribution < -0.4 is 9.47 Å². The van der Waals surface area contributed by atoms with Crippen LogP contribution in [-0.2, 0) is 7.05 Å². The molecule has 0 unspecified atom stereocenters. The van der Waals surface area contributed by atoms with Crippen LogP contribution in [0.25, 0.3) is 11.3 Å². The zero-order valence-electron chi connectivity index (χ0n) is 11.4. The third kappa shape index (κ3) is 1.99. The molecule has 0 saturated heterocycles. The third-order valence-corrected chi connectivity index (χ3v) is 3.05. The summed E-state index contributed by atoms with van der Waals surface area (Å²) in [6.07, 6.45) is 0. The maximum Gasteiger partial charge on any atom is 0.356 e. The molecule has 1 N–H and O–H groups in total. The molecule has 6 heteroatoms. The fourth-order valence-corrected chi connectivity index (χ4v) is 2.22. The van der Waals surface area contributed by atoms with E-state index in [1.54, 1.807) is 7.05 Å². The van der Waals surface area contributed by atoms with Crippen molar-refractivity contribution in [1.82, 2.24) is 9.78 Å². The second kappa shape index (κ2) is 4.00. The first-order chi connectivity index (χ1) is 9.35. The molecule has 1 aliphatic rings. The molecule has 0 bridgehead atoms. The maximum absolute atomic E-state index is 10.9. The predicted octanol–water partition coefficient (Wildman–Crippen LogP) is 2.29. The van der Waals surface area contributed by atoms with Crippen LogP contribution >= 0.6 is 0 Å². The van der Waals surface area contributed by atoms with Gasteiger partial charge in [-0.2, -0.15) is 5.10 Å². The standard InChI is InChI=1S/C14H14N2O4/c1-14(2)19-11-5-4-8(6-12(11)20-14)10-7-9(13(17)18)15-16(10)3/h4-7H,1-3H3,(H,17,18). The molecule has 20 heavy (non-hydrogen) atoms. The summed E-state index contributed by atoms with van der Waals surface area (Å²) in [7, 11) is 1.70. The summed E-state index contributed by atoms with van der Waals surface area (Å²) in [6, 6.07) is 7.02. The average Bonchev–Trinajstić information content (AvgIpc) is 2.86. The molecular weight excluding hydrogens is 260 g/mol. The SMILES string of the molecule is Cn1nc(C(=O)O)cc1-c1ccc2c(c1)OC(C)(C)O2. The number of fused-ring (bicyclic) bond motifs is 1. The highest BCUT2D eigenvalue weighted by molar-refractivity contribution is 5.87. The van der Waals surface area contributed by atoms with Crippen molar-refractivity contribution in [2.24, 2.45) is 7.05 Å². The Bertz CT molecular complexity index is 703. The summed E-state index contributed by atoms with van der Waals surface area (Å²) < 4.78 is 12.8. The smallest absolute Gasteiger partial charge is 0.356 e. The molecule has 0 fully saturated rings. The van der Waals surface area contributed by atoms with Crippen LogP contribution in [0, 0.1) is 0 Å². The van der Waals surface area contributed by atoms with Gasteiger partial charge in [0.1, 0.15) is 0 Å². The van der Waals surface area contributed by atoms with Gasteiger partial charge in [0.25, 0.3) is 0 Å². The molecule has 1 aliphatic heterocycles. The lowest BCUT2D eigenvalue weighted by Gasteiger charge is -2.16. The Balaban J connectivity index is 2.03. The van der Waals surface area contributed by atoms with Crippen molar-refractivity contribution in [2.75, 3.05) is 0 Å². The topological polar surface area (TPSA) is 73.6 Å². The van der Waals surface area contributed by atoms with E-state index in [0.717, 1.165) is 5.56 Å². The highest BCUT2D eigenvalue weighted by Gasteiger charge is 2.31. The number of hydrogen-bond donors (Lipinski definition) is 1. The normalized spacial score (nSPS) is 15.3. The molecule has 0 amide bonds. The number of aromatic carboxylic acids is 1. The summed E-state index contributed by atoms with van der Waals surface area (Å²) in [6.45, 7) is 3.67. The van der Waals surface area contributed by atoms with Crippen molar-refractivity contribution in [3.63, 3.8) is 0 Å². The van der Waals surface area contributed by atoms with Gasteiger partial charge in [-0.1, -0.05) is 0 Å². The van der Waals surface area contributed by atoms with Crippen LogP contribution in [0.5, 0.6) is 11.5 Å². The first-order valence-electron chi connectivity index (χ1n) is 6.15. The van der Waals surface area contributed by atoms with E-state index in [1.165, 1.54) is 10.7 Å². The Kier molecular flexibility index (Phi) is 2.50. The van der Waals surface area contributed by atoms with Gasteiger partial charge in [-0.05, 0) is 24.3 Å². The lowest BCUT2D eigenvalue weighted by molar-refractivity contribution is -0.0431. The minimum absolute atomic E-state index is 0.0143. The Morgan fingerprint density at radius 3 is 2.60 bits per heavy atom. The molecule has 2 aromatic rings. The van der Waals surface area contributed by atoms with Crippen molar-refractivity contribution in [2.45, 2.75) is 19.6 Å². The molecule has 104 valence electrons. The van der Waals surface area contributed by atoms with Crippen molar-refractivity contribution in [3.05, 3.63) is 30.0 Å². The monoisotopic (exact) mass is 274 g/mol. The van der Waals surface area contributed by atoms with E-state index < -0.39 is 11.8 Å². The van der Waals surface area contributed by atoms with E-state index >= 15 is 0 Å². The van der Waals surface area contributed by atoms with Crippen LogP contribution in [-0.4, -0.2) is 26.6 Å². The molecule has 1 aromatic carbocycles. The van der Waals surface area contributed by atoms with Crippen LogP contribution in [0.2, 0.25) is 0 Å². The van der Waals surface area contributed by atoms with Gasteiger partial charge in [0, 0.05) is 26.5 Å². The minimum Gasteiger partial charge on any atom is -0.476 e. The number of aryl methyl sites for hydroxylation is 1. The van der Waals surface area contributed by atoms with E-state index in [1.807, 2.05) is 32.0 Å². The van der Waals surface area contributed by atoms with Crippen molar-refractivity contribution in [1.29, 1.82) is 0 Å². The van der Waals surface area contributed by atoms with Crippen LogP contribution in [0.4, 0.5) is 0 Å². The number of benzene rings is 1. The number of rotatable bonds is 2.